The van der Waals surface area contributed by atoms with Gasteiger partial charge in [0, 0.05) is 5.56 Å². The van der Waals surface area contributed by atoms with Gasteiger partial charge in [0.1, 0.15) is 12.1 Å². The number of tetrazole rings is 1. The molecule has 1 aromatic carbocycles. The number of hydrogen-bond donors (Lipinski definition) is 0. The van der Waals surface area contributed by atoms with Crippen LogP contribution >= 0.6 is 0 Å². The molecule has 0 saturated carbocycles. The van der Waals surface area contributed by atoms with Gasteiger partial charge >= 0.3 is 0 Å². The van der Waals surface area contributed by atoms with Gasteiger partial charge in [-0.3, -0.25) is 0 Å². The number of para-hydroxylation sites is 1. The first kappa shape index (κ1) is 8.68. The molecule has 72 valence electrons. The van der Waals surface area contributed by atoms with E-state index < -0.39 is 0 Å². The van der Waals surface area contributed by atoms with Gasteiger partial charge in [-0.1, -0.05) is 18.2 Å². The van der Waals surface area contributed by atoms with Crippen LogP contribution in [0, 0.1) is 0 Å². The zero-order chi connectivity index (χ0) is 9.80. The first-order valence-corrected chi connectivity index (χ1v) is 4.23. The highest BCUT2D eigenvalue weighted by Crippen LogP contribution is 2.17. The number of methoxy groups -OCH3 is 1. The lowest BCUT2D eigenvalue weighted by Crippen LogP contribution is -2.02. The fraction of sp³-hybridized carbons (Fsp3) is 0.222. The van der Waals surface area contributed by atoms with Crippen LogP contribution in [0.25, 0.3) is 0 Å². The Morgan fingerprint density at radius 1 is 1.36 bits per heavy atom. The molecule has 0 atom stereocenters. The Morgan fingerprint density at radius 2 is 2.21 bits per heavy atom. The minimum absolute atomic E-state index is 0.622. The number of benzene rings is 1. The molecule has 5 heteroatoms. The molecule has 0 radical (unpaired) electrons. The summed E-state index contributed by atoms with van der Waals surface area (Å²) in [5.41, 5.74) is 1.06. The lowest BCUT2D eigenvalue weighted by atomic mass is 10.2. The predicted molar refractivity (Wildman–Crippen MR) is 49.9 cm³/mol. The summed E-state index contributed by atoms with van der Waals surface area (Å²) < 4.78 is 6.86. The molecule has 14 heavy (non-hydrogen) atoms. The molecule has 1 heterocycles. The van der Waals surface area contributed by atoms with Gasteiger partial charge < -0.3 is 4.74 Å². The Labute approximate surface area is 81.3 Å². The molecule has 5 nitrogen and oxygen atoms in total. The largest absolute Gasteiger partial charge is 0.496 e. The second kappa shape index (κ2) is 3.87. The highest BCUT2D eigenvalue weighted by atomic mass is 16.5. The first-order chi connectivity index (χ1) is 6.90. The van der Waals surface area contributed by atoms with Gasteiger partial charge in [-0.05, 0) is 16.5 Å². The van der Waals surface area contributed by atoms with E-state index in [0.29, 0.717) is 6.54 Å². The van der Waals surface area contributed by atoms with Gasteiger partial charge in [0.15, 0.2) is 0 Å². The Bertz CT molecular complexity index is 399. The third kappa shape index (κ3) is 1.71. The summed E-state index contributed by atoms with van der Waals surface area (Å²) in [7, 11) is 1.65. The van der Waals surface area contributed by atoms with E-state index in [1.54, 1.807) is 18.1 Å². The van der Waals surface area contributed by atoms with E-state index in [1.165, 1.54) is 0 Å². The van der Waals surface area contributed by atoms with Gasteiger partial charge in [-0.25, -0.2) is 4.68 Å². The lowest BCUT2D eigenvalue weighted by Gasteiger charge is -2.06. The topological polar surface area (TPSA) is 52.8 Å². The van der Waals surface area contributed by atoms with E-state index in [9.17, 15) is 0 Å². The maximum absolute atomic E-state index is 5.21. The molecule has 1 aromatic heterocycles. The molecule has 0 bridgehead atoms. The smallest absolute Gasteiger partial charge is 0.138 e. The fourth-order valence-electron chi connectivity index (χ4n) is 1.26. The quantitative estimate of drug-likeness (QED) is 0.716. The van der Waals surface area contributed by atoms with Gasteiger partial charge in [0.2, 0.25) is 0 Å². The molecule has 0 aliphatic carbocycles. The normalized spacial score (nSPS) is 10.1. The van der Waals surface area contributed by atoms with Crippen molar-refractivity contribution in [1.82, 2.24) is 20.2 Å². The van der Waals surface area contributed by atoms with Gasteiger partial charge in [0.25, 0.3) is 0 Å². The number of aromatic nitrogens is 4. The van der Waals surface area contributed by atoms with Crippen LogP contribution in [0.1, 0.15) is 5.56 Å². The number of rotatable bonds is 3. The Hall–Kier alpha value is -1.91. The number of ether oxygens (including phenoxy) is 1. The average Bonchev–Trinajstić information content (AvgIpc) is 2.71. The van der Waals surface area contributed by atoms with Crippen LogP contribution in [-0.4, -0.2) is 27.3 Å². The summed E-state index contributed by atoms with van der Waals surface area (Å²) in [6, 6.07) is 7.80. The van der Waals surface area contributed by atoms with Crippen LogP contribution in [0.5, 0.6) is 5.75 Å². The van der Waals surface area contributed by atoms with Crippen molar-refractivity contribution in [3.05, 3.63) is 36.2 Å². The molecular weight excluding hydrogens is 180 g/mol. The number of hydrogen-bond acceptors (Lipinski definition) is 4. The Balaban J connectivity index is 2.24. The van der Waals surface area contributed by atoms with E-state index in [1.807, 2.05) is 24.3 Å². The highest BCUT2D eigenvalue weighted by molar-refractivity contribution is 5.33. The second-order valence-electron chi connectivity index (χ2n) is 2.82. The first-order valence-electron chi connectivity index (χ1n) is 4.23. The molecule has 0 amide bonds. The monoisotopic (exact) mass is 190 g/mol. The van der Waals surface area contributed by atoms with Crippen molar-refractivity contribution in [3.8, 4) is 5.75 Å². The van der Waals surface area contributed by atoms with Crippen LogP contribution < -0.4 is 4.74 Å². The molecule has 2 aromatic rings. The van der Waals surface area contributed by atoms with E-state index in [4.69, 9.17) is 4.74 Å². The maximum Gasteiger partial charge on any atom is 0.138 e. The van der Waals surface area contributed by atoms with E-state index in [2.05, 4.69) is 15.5 Å². The van der Waals surface area contributed by atoms with Crippen LogP contribution in [0.2, 0.25) is 0 Å². The third-order valence-electron chi connectivity index (χ3n) is 1.92. The molecule has 0 spiro atoms. The summed E-state index contributed by atoms with van der Waals surface area (Å²) in [6.45, 7) is 0.622. The van der Waals surface area contributed by atoms with Crippen molar-refractivity contribution in [1.29, 1.82) is 0 Å². The van der Waals surface area contributed by atoms with Crippen LogP contribution in [-0.2, 0) is 6.54 Å². The van der Waals surface area contributed by atoms with E-state index >= 15 is 0 Å². The Morgan fingerprint density at radius 3 is 2.93 bits per heavy atom. The molecule has 0 saturated heterocycles. The zero-order valence-corrected chi connectivity index (χ0v) is 7.79. The zero-order valence-electron chi connectivity index (χ0n) is 7.79. The summed E-state index contributed by atoms with van der Waals surface area (Å²) in [5.74, 6) is 0.850. The minimum atomic E-state index is 0.622. The van der Waals surface area contributed by atoms with Crippen molar-refractivity contribution in [2.75, 3.05) is 7.11 Å². The summed E-state index contributed by atoms with van der Waals surface area (Å²) in [4.78, 5) is 0. The molecular formula is C9H10N4O. The standard InChI is InChI=1S/C9H10N4O/c1-14-9-5-3-2-4-8(9)6-13-7-10-11-12-13/h2-5,7H,6H2,1H3. The Kier molecular flexibility index (Phi) is 2.40. The fourth-order valence-corrected chi connectivity index (χ4v) is 1.26. The van der Waals surface area contributed by atoms with Crippen molar-refractivity contribution in [3.63, 3.8) is 0 Å². The summed E-state index contributed by atoms with van der Waals surface area (Å²) in [6.07, 6.45) is 1.58. The van der Waals surface area contributed by atoms with Gasteiger partial charge in [-0.15, -0.1) is 5.10 Å². The lowest BCUT2D eigenvalue weighted by molar-refractivity contribution is 0.407. The van der Waals surface area contributed by atoms with Crippen molar-refractivity contribution < 1.29 is 4.74 Å². The van der Waals surface area contributed by atoms with Crippen molar-refractivity contribution in [2.45, 2.75) is 6.54 Å². The highest BCUT2D eigenvalue weighted by Gasteiger charge is 2.02. The van der Waals surface area contributed by atoms with Gasteiger partial charge in [-0.2, -0.15) is 0 Å². The van der Waals surface area contributed by atoms with Crippen molar-refractivity contribution >= 4 is 0 Å². The van der Waals surface area contributed by atoms with Crippen LogP contribution in [0.15, 0.2) is 30.6 Å². The summed E-state index contributed by atoms with van der Waals surface area (Å²) >= 11 is 0. The van der Waals surface area contributed by atoms with Gasteiger partial charge in [0.05, 0.1) is 13.7 Å². The summed E-state index contributed by atoms with van der Waals surface area (Å²) in [5, 5.41) is 10.9. The maximum atomic E-state index is 5.21. The number of nitrogens with zero attached hydrogens (tertiary/aromatic N) is 4. The predicted octanol–water partition coefficient (Wildman–Crippen LogP) is 0.730. The van der Waals surface area contributed by atoms with E-state index in [-0.39, 0.29) is 0 Å². The molecule has 0 aliphatic rings. The molecule has 2 rings (SSSR count). The van der Waals surface area contributed by atoms with Crippen molar-refractivity contribution in [2.24, 2.45) is 0 Å². The molecule has 0 unspecified atom stereocenters. The third-order valence-corrected chi connectivity index (χ3v) is 1.92. The van der Waals surface area contributed by atoms with E-state index in [0.717, 1.165) is 11.3 Å². The minimum Gasteiger partial charge on any atom is -0.496 e. The van der Waals surface area contributed by atoms with Crippen LogP contribution in [0.4, 0.5) is 0 Å². The van der Waals surface area contributed by atoms with Crippen LogP contribution in [0.3, 0.4) is 0 Å². The molecule has 0 N–H and O–H groups in total. The SMILES string of the molecule is COc1ccccc1Cn1cnnn1. The molecule has 0 aliphatic heterocycles. The molecule has 0 fully saturated rings. The average molecular weight is 190 g/mol. The second-order valence-corrected chi connectivity index (χ2v) is 2.82.